The third-order valence-electron chi connectivity index (χ3n) is 4.22. The molecule has 0 radical (unpaired) electrons. The van der Waals surface area contributed by atoms with Gasteiger partial charge in [-0.15, -0.1) is 0 Å². The SMILES string of the molecule is COc1cc2[nH]c(-c3ccc(C(F)(F)F)cc3)c(O)c(=O)c2cc1OC.O=C(O)C(F)(F)F. The van der Waals surface area contributed by atoms with Gasteiger partial charge in [-0.25, -0.2) is 4.79 Å². The molecule has 0 aliphatic rings. The molecule has 0 amide bonds. The first-order valence-electron chi connectivity index (χ1n) is 8.69. The van der Waals surface area contributed by atoms with E-state index in [1.54, 1.807) is 0 Å². The Morgan fingerprint density at radius 1 is 0.939 bits per heavy atom. The normalized spacial score (nSPS) is 11.5. The number of carboxylic acids is 1. The second-order valence-electron chi connectivity index (χ2n) is 6.31. The number of carboxylic acid groups (broad SMARTS) is 1. The van der Waals surface area contributed by atoms with E-state index in [-0.39, 0.29) is 16.6 Å². The topological polar surface area (TPSA) is 109 Å². The Bertz CT molecular complexity index is 1220. The summed E-state index contributed by atoms with van der Waals surface area (Å²) in [4.78, 5) is 24.2. The molecule has 3 rings (SSSR count). The predicted molar refractivity (Wildman–Crippen MR) is 103 cm³/mol. The zero-order chi connectivity index (χ0) is 25.1. The molecule has 2 aromatic carbocycles. The Morgan fingerprint density at radius 3 is 1.85 bits per heavy atom. The minimum absolute atomic E-state index is 0.0171. The van der Waals surface area contributed by atoms with Gasteiger partial charge in [-0.05, 0) is 18.2 Å². The Kier molecular flexibility index (Phi) is 7.15. The number of pyridine rings is 1. The second-order valence-corrected chi connectivity index (χ2v) is 6.31. The van der Waals surface area contributed by atoms with Gasteiger partial charge in [0, 0.05) is 11.6 Å². The number of alkyl halides is 6. The highest BCUT2D eigenvalue weighted by atomic mass is 19.4. The number of aromatic hydroxyl groups is 1. The van der Waals surface area contributed by atoms with Crippen molar-refractivity contribution in [3.05, 3.63) is 52.2 Å². The molecule has 0 atom stereocenters. The summed E-state index contributed by atoms with van der Waals surface area (Å²) in [6.07, 6.45) is -9.55. The van der Waals surface area contributed by atoms with Crippen LogP contribution in [-0.2, 0) is 11.0 Å². The van der Waals surface area contributed by atoms with E-state index in [9.17, 15) is 36.2 Å². The third-order valence-corrected chi connectivity index (χ3v) is 4.22. The highest BCUT2D eigenvalue weighted by Crippen LogP contribution is 2.35. The van der Waals surface area contributed by atoms with Crippen molar-refractivity contribution in [1.82, 2.24) is 4.98 Å². The van der Waals surface area contributed by atoms with Crippen LogP contribution in [0.4, 0.5) is 26.3 Å². The Hall–Kier alpha value is -3.90. The Balaban J connectivity index is 0.000000479. The van der Waals surface area contributed by atoms with Crippen LogP contribution in [0.1, 0.15) is 5.56 Å². The number of carbonyl (C=O) groups is 1. The molecular formula is C20H15F6NO6. The lowest BCUT2D eigenvalue weighted by Gasteiger charge is -2.12. The number of halogens is 6. The van der Waals surface area contributed by atoms with Crippen LogP contribution in [0, 0.1) is 0 Å². The number of benzene rings is 2. The number of nitrogens with one attached hydrogen (secondary N) is 1. The van der Waals surface area contributed by atoms with Crippen LogP contribution in [0.25, 0.3) is 22.2 Å². The zero-order valence-electron chi connectivity index (χ0n) is 16.8. The fourth-order valence-electron chi connectivity index (χ4n) is 2.64. The molecule has 3 N–H and O–H groups in total. The minimum atomic E-state index is -5.08. The van der Waals surface area contributed by atoms with E-state index in [4.69, 9.17) is 19.4 Å². The lowest BCUT2D eigenvalue weighted by Crippen LogP contribution is -2.21. The first-order chi connectivity index (χ1) is 15.2. The molecule has 33 heavy (non-hydrogen) atoms. The van der Waals surface area contributed by atoms with Crippen LogP contribution < -0.4 is 14.9 Å². The molecule has 0 bridgehead atoms. The summed E-state index contributed by atoms with van der Waals surface area (Å²) in [5.74, 6) is -2.68. The molecule has 7 nitrogen and oxygen atoms in total. The quantitative estimate of drug-likeness (QED) is 0.475. The molecule has 13 heteroatoms. The Labute approximate surface area is 180 Å². The standard InChI is InChI=1S/C18H14F3NO4.C2HF3O2/c1-25-13-7-11-12(8-14(13)26-2)22-15(17(24)16(11)23)9-3-5-10(6-4-9)18(19,20)21;3-2(4,5)1(6)7/h3-8,24H,1-2H3,(H,22,23);(H,6,7). The fourth-order valence-corrected chi connectivity index (χ4v) is 2.64. The van der Waals surface area contributed by atoms with Gasteiger partial charge in [-0.2, -0.15) is 26.3 Å². The van der Waals surface area contributed by atoms with E-state index in [0.717, 1.165) is 12.1 Å². The smallest absolute Gasteiger partial charge is 0.490 e. The van der Waals surface area contributed by atoms with Gasteiger partial charge in [-0.3, -0.25) is 4.79 Å². The van der Waals surface area contributed by atoms with Crippen LogP contribution >= 0.6 is 0 Å². The molecule has 178 valence electrons. The van der Waals surface area contributed by atoms with Gasteiger partial charge in [0.15, 0.2) is 17.2 Å². The lowest BCUT2D eigenvalue weighted by atomic mass is 10.1. The number of fused-ring (bicyclic) bond motifs is 1. The van der Waals surface area contributed by atoms with Crippen molar-refractivity contribution in [1.29, 1.82) is 0 Å². The van der Waals surface area contributed by atoms with Crippen molar-refractivity contribution in [2.45, 2.75) is 12.4 Å². The largest absolute Gasteiger partial charge is 0.503 e. The maximum absolute atomic E-state index is 12.7. The molecule has 0 aliphatic heterocycles. The first-order valence-corrected chi connectivity index (χ1v) is 8.69. The van der Waals surface area contributed by atoms with Gasteiger partial charge in [-0.1, -0.05) is 12.1 Å². The van der Waals surface area contributed by atoms with Crippen molar-refractivity contribution in [3.63, 3.8) is 0 Å². The third kappa shape index (κ3) is 5.67. The number of aromatic amines is 1. The summed E-state index contributed by atoms with van der Waals surface area (Å²) in [6.45, 7) is 0. The van der Waals surface area contributed by atoms with E-state index >= 15 is 0 Å². The maximum Gasteiger partial charge on any atom is 0.490 e. The van der Waals surface area contributed by atoms with Crippen LogP contribution in [0.15, 0.2) is 41.2 Å². The molecular weight excluding hydrogens is 464 g/mol. The number of aromatic nitrogens is 1. The molecule has 0 unspecified atom stereocenters. The number of hydrogen-bond acceptors (Lipinski definition) is 5. The molecule has 1 heterocycles. The highest BCUT2D eigenvalue weighted by molar-refractivity contribution is 5.87. The van der Waals surface area contributed by atoms with E-state index in [1.807, 2.05) is 0 Å². The monoisotopic (exact) mass is 479 g/mol. The van der Waals surface area contributed by atoms with Gasteiger partial charge in [0.05, 0.1) is 36.4 Å². The van der Waals surface area contributed by atoms with E-state index in [0.29, 0.717) is 17.0 Å². The van der Waals surface area contributed by atoms with Gasteiger partial charge in [0.2, 0.25) is 5.43 Å². The number of aliphatic carboxylic acids is 1. The van der Waals surface area contributed by atoms with Crippen molar-refractivity contribution >= 4 is 16.9 Å². The van der Waals surface area contributed by atoms with Crippen molar-refractivity contribution < 1.29 is 50.8 Å². The molecule has 0 saturated heterocycles. The molecule has 0 fully saturated rings. The summed E-state index contributed by atoms with van der Waals surface area (Å²) >= 11 is 0. The summed E-state index contributed by atoms with van der Waals surface area (Å²) < 4.78 is 80.1. The van der Waals surface area contributed by atoms with Crippen LogP contribution in [0.3, 0.4) is 0 Å². The molecule has 3 aromatic rings. The van der Waals surface area contributed by atoms with Crippen molar-refractivity contribution in [3.8, 4) is 28.5 Å². The average Bonchev–Trinajstić information content (AvgIpc) is 2.74. The number of methoxy groups -OCH3 is 2. The predicted octanol–water partition coefficient (Wildman–Crippen LogP) is 4.57. The number of rotatable bonds is 3. The number of hydrogen-bond donors (Lipinski definition) is 3. The minimum Gasteiger partial charge on any atom is -0.503 e. The van der Waals surface area contributed by atoms with Crippen LogP contribution in [-0.4, -0.2) is 41.6 Å². The molecule has 1 aromatic heterocycles. The zero-order valence-corrected chi connectivity index (χ0v) is 16.8. The molecule has 0 saturated carbocycles. The van der Waals surface area contributed by atoms with Crippen LogP contribution in [0.5, 0.6) is 17.2 Å². The van der Waals surface area contributed by atoms with Crippen molar-refractivity contribution in [2.24, 2.45) is 0 Å². The summed E-state index contributed by atoms with van der Waals surface area (Å²) in [7, 11) is 2.84. The number of ether oxygens (including phenoxy) is 2. The van der Waals surface area contributed by atoms with E-state index in [2.05, 4.69) is 4.98 Å². The second kappa shape index (κ2) is 9.30. The Morgan fingerprint density at radius 2 is 1.42 bits per heavy atom. The first kappa shape index (κ1) is 25.4. The molecule has 0 aliphatic carbocycles. The van der Waals surface area contributed by atoms with Crippen molar-refractivity contribution in [2.75, 3.05) is 14.2 Å². The summed E-state index contributed by atoms with van der Waals surface area (Å²) in [5.41, 5.74) is -0.891. The summed E-state index contributed by atoms with van der Waals surface area (Å²) in [6, 6.07) is 7.06. The lowest BCUT2D eigenvalue weighted by molar-refractivity contribution is -0.192. The van der Waals surface area contributed by atoms with Gasteiger partial charge >= 0.3 is 18.3 Å². The fraction of sp³-hybridized carbons (Fsp3) is 0.200. The van der Waals surface area contributed by atoms with Gasteiger partial charge in [0.25, 0.3) is 0 Å². The van der Waals surface area contributed by atoms with Gasteiger partial charge in [0.1, 0.15) is 0 Å². The van der Waals surface area contributed by atoms with Crippen LogP contribution in [0.2, 0.25) is 0 Å². The van der Waals surface area contributed by atoms with Gasteiger partial charge < -0.3 is 24.7 Å². The van der Waals surface area contributed by atoms with E-state index in [1.165, 1.54) is 38.5 Å². The number of H-pyrrole nitrogens is 1. The molecule has 0 spiro atoms. The average molecular weight is 479 g/mol. The van der Waals surface area contributed by atoms with E-state index < -0.39 is 35.1 Å². The maximum atomic E-state index is 12.7. The highest BCUT2D eigenvalue weighted by Gasteiger charge is 2.38. The summed E-state index contributed by atoms with van der Waals surface area (Å²) in [5, 5.41) is 17.5.